The fraction of sp³-hybridized carbons (Fsp3) is 0.267. The number of methoxy groups -OCH3 is 1. The lowest BCUT2D eigenvalue weighted by Crippen LogP contribution is -2.44. The van der Waals surface area contributed by atoms with E-state index in [1.165, 1.54) is 25.3 Å². The molecule has 9 nitrogen and oxygen atoms in total. The largest absolute Gasteiger partial charge is 0.495 e. The lowest BCUT2D eigenvalue weighted by atomic mass is 10.0. The molecule has 1 aromatic heterocycles. The molecule has 0 aliphatic rings. The number of ether oxygens (including phenoxy) is 1. The van der Waals surface area contributed by atoms with Crippen molar-refractivity contribution in [2.75, 3.05) is 24.4 Å². The van der Waals surface area contributed by atoms with Crippen LogP contribution in [0, 0.1) is 12.8 Å². The molecule has 210 valence electrons. The van der Waals surface area contributed by atoms with Crippen LogP contribution in [0.4, 0.5) is 17.1 Å². The number of para-hydroxylation sites is 1. The van der Waals surface area contributed by atoms with Gasteiger partial charge in [0, 0.05) is 24.2 Å². The van der Waals surface area contributed by atoms with Gasteiger partial charge < -0.3 is 19.4 Å². The maximum Gasteiger partial charge on any atom is 0.338 e. The number of amides is 1. The van der Waals surface area contributed by atoms with E-state index < -0.39 is 27.6 Å². The minimum absolute atomic E-state index is 0.0360. The van der Waals surface area contributed by atoms with Gasteiger partial charge in [-0.05, 0) is 61.7 Å². The number of aryl methyl sites for hydroxylation is 1. The van der Waals surface area contributed by atoms with Gasteiger partial charge in [-0.15, -0.1) is 0 Å². The highest BCUT2D eigenvalue weighted by Gasteiger charge is 2.27. The van der Waals surface area contributed by atoms with E-state index in [-0.39, 0.29) is 17.2 Å². The van der Waals surface area contributed by atoms with E-state index in [0.717, 1.165) is 10.9 Å². The zero-order chi connectivity index (χ0) is 29.0. The van der Waals surface area contributed by atoms with Gasteiger partial charge in [-0.2, -0.15) is 4.72 Å². The van der Waals surface area contributed by atoms with Crippen molar-refractivity contribution in [3.05, 3.63) is 88.8 Å². The lowest BCUT2D eigenvalue weighted by molar-refractivity contribution is -0.118. The Bertz CT molecular complexity index is 1680. The molecule has 0 saturated carbocycles. The number of carbonyl (C=O) groups excluding carboxylic acids is 1. The molecule has 3 aromatic carbocycles. The van der Waals surface area contributed by atoms with E-state index in [4.69, 9.17) is 9.15 Å². The Morgan fingerprint density at radius 2 is 1.73 bits per heavy atom. The number of hydrogen-bond donors (Lipinski definition) is 2. The summed E-state index contributed by atoms with van der Waals surface area (Å²) in [4.78, 5) is 27.6. The second-order valence-corrected chi connectivity index (χ2v) is 11.7. The number of anilines is 3. The third-order valence-corrected chi connectivity index (χ3v) is 7.96. The van der Waals surface area contributed by atoms with Gasteiger partial charge in [0.05, 0.1) is 23.4 Å². The lowest BCUT2D eigenvalue weighted by Gasteiger charge is -2.24. The van der Waals surface area contributed by atoms with Gasteiger partial charge in [0.1, 0.15) is 17.4 Å². The molecule has 1 amide bonds. The molecule has 4 rings (SSSR count). The maximum absolute atomic E-state index is 13.5. The summed E-state index contributed by atoms with van der Waals surface area (Å²) in [5, 5.41) is 3.59. The quantitative estimate of drug-likeness (QED) is 0.254. The number of benzene rings is 3. The van der Waals surface area contributed by atoms with E-state index in [1.807, 2.05) is 32.9 Å². The Balaban J connectivity index is 1.65. The summed E-state index contributed by atoms with van der Waals surface area (Å²) in [5.41, 5.74) is 2.53. The predicted molar refractivity (Wildman–Crippen MR) is 157 cm³/mol. The number of rotatable bonds is 10. The van der Waals surface area contributed by atoms with Crippen LogP contribution in [0.1, 0.15) is 25.8 Å². The van der Waals surface area contributed by atoms with Crippen LogP contribution in [0.25, 0.3) is 11.0 Å². The van der Waals surface area contributed by atoms with Crippen LogP contribution in [0.5, 0.6) is 5.75 Å². The van der Waals surface area contributed by atoms with Crippen LogP contribution in [-0.4, -0.2) is 34.5 Å². The first-order valence-corrected chi connectivity index (χ1v) is 14.3. The van der Waals surface area contributed by atoms with Gasteiger partial charge in [0.2, 0.25) is 15.9 Å². The van der Waals surface area contributed by atoms with Gasteiger partial charge in [-0.1, -0.05) is 43.7 Å². The van der Waals surface area contributed by atoms with Crippen LogP contribution in [0.15, 0.2) is 86.9 Å². The second-order valence-electron chi connectivity index (χ2n) is 10.00. The number of fused-ring (bicyclic) bond motifs is 1. The normalized spacial score (nSPS) is 12.3. The van der Waals surface area contributed by atoms with Gasteiger partial charge in [0.15, 0.2) is 0 Å². The predicted octanol–water partition coefficient (Wildman–Crippen LogP) is 5.21. The summed E-state index contributed by atoms with van der Waals surface area (Å²) in [5.74, 6) is -0.0881. The standard InChI is InChI=1S/C30H33N3O6S/c1-19(2)16-25(32-40(36,37)22-13-10-20(3)11-14-22)30(35)31-24-17-21(12-15-28(24)38-5)33(4)26-18-29(34)39-27-9-7-6-8-23(26)27/h6-15,17-19,25,32H,16H2,1-5H3,(H,31,35)/t25-/m0/s1. The fourth-order valence-electron chi connectivity index (χ4n) is 4.39. The van der Waals surface area contributed by atoms with Gasteiger partial charge in [0.25, 0.3) is 0 Å². The van der Waals surface area contributed by atoms with Crippen molar-refractivity contribution in [2.24, 2.45) is 5.92 Å². The Labute approximate surface area is 233 Å². The number of carbonyl (C=O) groups is 1. The molecule has 10 heteroatoms. The van der Waals surface area contributed by atoms with Crippen LogP contribution < -0.4 is 25.3 Å². The molecule has 2 N–H and O–H groups in total. The highest BCUT2D eigenvalue weighted by atomic mass is 32.2. The summed E-state index contributed by atoms with van der Waals surface area (Å²) in [7, 11) is -0.667. The van der Waals surface area contributed by atoms with Crippen molar-refractivity contribution in [1.82, 2.24) is 4.72 Å². The Hall–Kier alpha value is -4.15. The molecular weight excluding hydrogens is 530 g/mol. The van der Waals surface area contributed by atoms with E-state index in [0.29, 0.717) is 28.4 Å². The molecule has 0 saturated heterocycles. The monoisotopic (exact) mass is 563 g/mol. The molecular formula is C30H33N3O6S. The molecule has 0 fully saturated rings. The average Bonchev–Trinajstić information content (AvgIpc) is 2.91. The van der Waals surface area contributed by atoms with Crippen molar-refractivity contribution in [3.8, 4) is 5.75 Å². The Morgan fingerprint density at radius 1 is 1.02 bits per heavy atom. The van der Waals surface area contributed by atoms with E-state index in [9.17, 15) is 18.0 Å². The smallest absolute Gasteiger partial charge is 0.338 e. The summed E-state index contributed by atoms with van der Waals surface area (Å²) >= 11 is 0. The summed E-state index contributed by atoms with van der Waals surface area (Å²) in [6.07, 6.45) is 0.282. The molecule has 0 bridgehead atoms. The van der Waals surface area contributed by atoms with Crippen LogP contribution in [0.3, 0.4) is 0 Å². The molecule has 0 aliphatic heterocycles. The summed E-state index contributed by atoms with van der Waals surface area (Å²) in [6.45, 7) is 5.70. The maximum atomic E-state index is 13.5. The van der Waals surface area contributed by atoms with Gasteiger partial charge in [-0.25, -0.2) is 13.2 Å². The fourth-order valence-corrected chi connectivity index (χ4v) is 5.59. The SMILES string of the molecule is COc1ccc(N(C)c2cc(=O)oc3ccccc23)cc1NC(=O)[C@H](CC(C)C)NS(=O)(=O)c1ccc(C)cc1. The topological polar surface area (TPSA) is 118 Å². The Kier molecular flexibility index (Phi) is 8.61. The third-order valence-electron chi connectivity index (χ3n) is 6.47. The zero-order valence-electron chi connectivity index (χ0n) is 23.1. The van der Waals surface area contributed by atoms with Gasteiger partial charge in [-0.3, -0.25) is 4.79 Å². The first kappa shape index (κ1) is 28.8. The second kappa shape index (κ2) is 11.9. The number of nitrogens with one attached hydrogen (secondary N) is 2. The molecule has 0 aliphatic carbocycles. The van der Waals surface area contributed by atoms with E-state index in [2.05, 4.69) is 10.0 Å². The van der Waals surface area contributed by atoms with E-state index in [1.54, 1.807) is 54.4 Å². The number of sulfonamides is 1. The number of hydrogen-bond acceptors (Lipinski definition) is 7. The van der Waals surface area contributed by atoms with E-state index >= 15 is 0 Å². The van der Waals surface area contributed by atoms with Crippen LogP contribution >= 0.6 is 0 Å². The highest BCUT2D eigenvalue weighted by Crippen LogP contribution is 2.35. The zero-order valence-corrected chi connectivity index (χ0v) is 23.9. The molecule has 1 heterocycles. The minimum Gasteiger partial charge on any atom is -0.495 e. The van der Waals surface area contributed by atoms with Gasteiger partial charge >= 0.3 is 5.63 Å². The van der Waals surface area contributed by atoms with Crippen LogP contribution in [-0.2, 0) is 14.8 Å². The molecule has 0 spiro atoms. The van der Waals surface area contributed by atoms with Crippen molar-refractivity contribution < 1.29 is 22.4 Å². The minimum atomic E-state index is -3.95. The van der Waals surface area contributed by atoms with Crippen molar-refractivity contribution in [1.29, 1.82) is 0 Å². The van der Waals surface area contributed by atoms with Crippen molar-refractivity contribution in [3.63, 3.8) is 0 Å². The highest BCUT2D eigenvalue weighted by molar-refractivity contribution is 7.89. The molecule has 4 aromatic rings. The Morgan fingerprint density at radius 3 is 2.40 bits per heavy atom. The third kappa shape index (κ3) is 6.52. The average molecular weight is 564 g/mol. The first-order valence-electron chi connectivity index (χ1n) is 12.8. The summed E-state index contributed by atoms with van der Waals surface area (Å²) < 4.78 is 39.6. The van der Waals surface area contributed by atoms with Crippen molar-refractivity contribution >= 4 is 44.0 Å². The summed E-state index contributed by atoms with van der Waals surface area (Å²) in [6, 6.07) is 19.2. The van der Waals surface area contributed by atoms with Crippen molar-refractivity contribution in [2.45, 2.75) is 38.1 Å². The number of nitrogens with zero attached hydrogens (tertiary/aromatic N) is 1. The first-order chi connectivity index (χ1) is 19.0. The molecule has 0 unspecified atom stereocenters. The molecule has 1 atom stereocenters. The van der Waals surface area contributed by atoms with Crippen LogP contribution in [0.2, 0.25) is 0 Å². The molecule has 40 heavy (non-hydrogen) atoms. The molecule has 0 radical (unpaired) electrons.